The molecule has 1 fully saturated rings. The lowest BCUT2D eigenvalue weighted by atomic mass is 10.0. The average molecular weight is 356 g/mol. The number of methoxy groups -OCH3 is 1. The summed E-state index contributed by atoms with van der Waals surface area (Å²) in [7, 11) is 3.79. The highest BCUT2D eigenvalue weighted by molar-refractivity contribution is 7.10. The van der Waals surface area contributed by atoms with Crippen molar-refractivity contribution in [2.45, 2.75) is 13.0 Å². The van der Waals surface area contributed by atoms with Crippen molar-refractivity contribution in [3.63, 3.8) is 0 Å². The van der Waals surface area contributed by atoms with E-state index in [-0.39, 0.29) is 11.9 Å². The predicted molar refractivity (Wildman–Crippen MR) is 103 cm³/mol. The van der Waals surface area contributed by atoms with Crippen LogP contribution in [0, 0.1) is 0 Å². The highest BCUT2D eigenvalue weighted by atomic mass is 32.1. The molecule has 4 nitrogen and oxygen atoms in total. The van der Waals surface area contributed by atoms with Gasteiger partial charge in [0.15, 0.2) is 0 Å². The van der Waals surface area contributed by atoms with Crippen LogP contribution in [0.5, 0.6) is 5.75 Å². The lowest BCUT2D eigenvalue weighted by molar-refractivity contribution is -0.129. The van der Waals surface area contributed by atoms with Crippen molar-refractivity contribution in [2.24, 2.45) is 0 Å². The molecule has 2 aromatic rings. The fourth-order valence-electron chi connectivity index (χ4n) is 3.16. The van der Waals surface area contributed by atoms with Gasteiger partial charge in [-0.3, -0.25) is 9.69 Å². The van der Waals surface area contributed by atoms with Crippen LogP contribution in [0.4, 0.5) is 0 Å². The van der Waals surface area contributed by atoms with E-state index in [9.17, 15) is 4.79 Å². The first-order valence-electron chi connectivity index (χ1n) is 8.44. The van der Waals surface area contributed by atoms with Gasteiger partial charge in [-0.05, 0) is 49.2 Å². The Hall–Kier alpha value is -2.11. The van der Waals surface area contributed by atoms with Crippen molar-refractivity contribution in [3.8, 4) is 5.75 Å². The largest absolute Gasteiger partial charge is 0.497 e. The molecule has 0 bridgehead atoms. The highest BCUT2D eigenvalue weighted by Crippen LogP contribution is 2.27. The minimum Gasteiger partial charge on any atom is -0.497 e. The molecule has 1 aliphatic heterocycles. The van der Waals surface area contributed by atoms with Crippen LogP contribution in [0.15, 0.2) is 47.4 Å². The fraction of sp³-hybridized carbons (Fsp3) is 0.350. The number of carbonyl (C=O) groups is 1. The number of benzene rings is 1. The van der Waals surface area contributed by atoms with E-state index in [0.29, 0.717) is 6.54 Å². The van der Waals surface area contributed by atoms with Crippen molar-refractivity contribution in [2.75, 3.05) is 33.8 Å². The quantitative estimate of drug-likeness (QED) is 0.784. The van der Waals surface area contributed by atoms with Crippen molar-refractivity contribution >= 4 is 23.3 Å². The molecule has 0 spiro atoms. The van der Waals surface area contributed by atoms with Gasteiger partial charge in [-0.25, -0.2) is 0 Å². The third-order valence-electron chi connectivity index (χ3n) is 4.65. The van der Waals surface area contributed by atoms with Gasteiger partial charge in [0, 0.05) is 30.1 Å². The summed E-state index contributed by atoms with van der Waals surface area (Å²) in [5.74, 6) is 0.970. The average Bonchev–Trinajstić information content (AvgIpc) is 3.14. The van der Waals surface area contributed by atoms with E-state index in [1.54, 1.807) is 18.4 Å². The number of ether oxygens (including phenoxy) is 1. The number of hydrogen-bond acceptors (Lipinski definition) is 4. The van der Waals surface area contributed by atoms with Crippen molar-refractivity contribution in [3.05, 3.63) is 57.8 Å². The summed E-state index contributed by atoms with van der Waals surface area (Å²) in [6.07, 6.45) is 1.98. The molecule has 3 rings (SSSR count). The third-order valence-corrected chi connectivity index (χ3v) is 5.47. The van der Waals surface area contributed by atoms with Gasteiger partial charge in [0.1, 0.15) is 5.75 Å². The van der Waals surface area contributed by atoms with Gasteiger partial charge in [-0.15, -0.1) is 11.3 Å². The Morgan fingerprint density at radius 2 is 2.12 bits per heavy atom. The Kier molecular flexibility index (Phi) is 5.56. The molecule has 1 aliphatic rings. The summed E-state index contributed by atoms with van der Waals surface area (Å²) in [4.78, 5) is 18.2. The predicted octanol–water partition coefficient (Wildman–Crippen LogP) is 3.68. The molecule has 0 aliphatic carbocycles. The van der Waals surface area contributed by atoms with Crippen LogP contribution in [0.25, 0.3) is 6.08 Å². The van der Waals surface area contributed by atoms with Gasteiger partial charge >= 0.3 is 0 Å². The molecule has 2 heterocycles. The number of carbonyl (C=O) groups excluding carboxylic acids is 1. The van der Waals surface area contributed by atoms with E-state index in [4.69, 9.17) is 4.74 Å². The maximum atomic E-state index is 12.9. The zero-order valence-electron chi connectivity index (χ0n) is 14.9. The van der Waals surface area contributed by atoms with Gasteiger partial charge in [0.05, 0.1) is 13.2 Å². The summed E-state index contributed by atoms with van der Waals surface area (Å²) in [6, 6.07) is 12.3. The Balaban J connectivity index is 1.76. The van der Waals surface area contributed by atoms with Gasteiger partial charge in [0.2, 0.25) is 5.91 Å². The molecule has 0 saturated carbocycles. The van der Waals surface area contributed by atoms with Gasteiger partial charge in [0.25, 0.3) is 0 Å². The van der Waals surface area contributed by atoms with E-state index in [1.807, 2.05) is 47.5 Å². The first-order chi connectivity index (χ1) is 12.1. The SMILES string of the molecule is COc1cccc(C2CN(C(=O)/C(C)=C/c3cccs3)CCN2C)c1. The lowest BCUT2D eigenvalue weighted by Crippen LogP contribution is -2.49. The monoisotopic (exact) mass is 356 g/mol. The Morgan fingerprint density at radius 3 is 2.84 bits per heavy atom. The van der Waals surface area contributed by atoms with Gasteiger partial charge in [-0.1, -0.05) is 18.2 Å². The minimum absolute atomic E-state index is 0.120. The molecule has 5 heteroatoms. The number of rotatable bonds is 4. The van der Waals surface area contributed by atoms with Gasteiger partial charge < -0.3 is 9.64 Å². The van der Waals surface area contributed by atoms with Gasteiger partial charge in [-0.2, -0.15) is 0 Å². The van der Waals surface area contributed by atoms with E-state index in [1.165, 1.54) is 5.56 Å². The molecule has 132 valence electrons. The number of hydrogen-bond donors (Lipinski definition) is 0. The zero-order valence-corrected chi connectivity index (χ0v) is 15.8. The molecule has 1 atom stereocenters. The Labute approximate surface area is 153 Å². The Bertz CT molecular complexity index is 755. The van der Waals surface area contributed by atoms with Crippen LogP contribution in [-0.2, 0) is 4.79 Å². The smallest absolute Gasteiger partial charge is 0.249 e. The van der Waals surface area contributed by atoms with Crippen molar-refractivity contribution in [1.29, 1.82) is 0 Å². The first-order valence-corrected chi connectivity index (χ1v) is 9.31. The van der Waals surface area contributed by atoms with Crippen LogP contribution in [0.2, 0.25) is 0 Å². The summed E-state index contributed by atoms with van der Waals surface area (Å²) in [6.45, 7) is 4.21. The van der Waals surface area contributed by atoms with Crippen LogP contribution in [0.3, 0.4) is 0 Å². The first kappa shape index (κ1) is 17.7. The number of piperazine rings is 1. The van der Waals surface area contributed by atoms with Crippen LogP contribution in [0.1, 0.15) is 23.4 Å². The molecule has 0 N–H and O–H groups in total. The lowest BCUT2D eigenvalue weighted by Gasteiger charge is -2.40. The summed E-state index contributed by atoms with van der Waals surface area (Å²) in [5.41, 5.74) is 1.97. The topological polar surface area (TPSA) is 32.8 Å². The van der Waals surface area contributed by atoms with Crippen LogP contribution in [-0.4, -0.2) is 49.5 Å². The molecule has 1 amide bonds. The van der Waals surface area contributed by atoms with Crippen LogP contribution >= 0.6 is 11.3 Å². The summed E-state index contributed by atoms with van der Waals surface area (Å²) >= 11 is 1.65. The van der Waals surface area contributed by atoms with Crippen molar-refractivity contribution in [1.82, 2.24) is 9.80 Å². The normalized spacial score (nSPS) is 19.1. The molecule has 1 saturated heterocycles. The molecule has 1 aromatic heterocycles. The number of amides is 1. The molecule has 1 aromatic carbocycles. The summed E-state index contributed by atoms with van der Waals surface area (Å²) < 4.78 is 5.35. The number of nitrogens with zero attached hydrogens (tertiary/aromatic N) is 2. The third kappa shape index (κ3) is 4.11. The van der Waals surface area contributed by atoms with E-state index in [0.717, 1.165) is 29.3 Å². The fourth-order valence-corrected chi connectivity index (χ4v) is 3.88. The second kappa shape index (κ2) is 7.85. The number of thiophene rings is 1. The molecule has 1 unspecified atom stereocenters. The second-order valence-electron chi connectivity index (χ2n) is 6.37. The van der Waals surface area contributed by atoms with E-state index in [2.05, 4.69) is 24.1 Å². The Morgan fingerprint density at radius 1 is 1.28 bits per heavy atom. The standard InChI is InChI=1S/C20H24N2O2S/c1-15(12-18-8-5-11-25-18)20(23)22-10-9-21(2)19(14-22)16-6-4-7-17(13-16)24-3/h4-8,11-13,19H,9-10,14H2,1-3H3/b15-12+. The molecular formula is C20H24N2O2S. The van der Waals surface area contributed by atoms with Crippen molar-refractivity contribution < 1.29 is 9.53 Å². The minimum atomic E-state index is 0.120. The van der Waals surface area contributed by atoms with Crippen LogP contribution < -0.4 is 4.74 Å². The zero-order chi connectivity index (χ0) is 17.8. The second-order valence-corrected chi connectivity index (χ2v) is 7.35. The maximum absolute atomic E-state index is 12.9. The molecule has 0 radical (unpaired) electrons. The maximum Gasteiger partial charge on any atom is 0.249 e. The number of likely N-dealkylation sites (N-methyl/N-ethyl adjacent to an activating group) is 1. The molecule has 25 heavy (non-hydrogen) atoms. The van der Waals surface area contributed by atoms with E-state index >= 15 is 0 Å². The summed E-state index contributed by atoms with van der Waals surface area (Å²) in [5, 5.41) is 2.03. The highest BCUT2D eigenvalue weighted by Gasteiger charge is 2.29. The van der Waals surface area contributed by atoms with E-state index < -0.39 is 0 Å². The molecular weight excluding hydrogens is 332 g/mol.